The average molecular weight is 215 g/mol. The molecule has 2 aromatic rings. The van der Waals surface area contributed by atoms with Crippen molar-refractivity contribution in [2.75, 3.05) is 6.54 Å². The summed E-state index contributed by atoms with van der Waals surface area (Å²) in [4.78, 5) is 0. The normalized spacial score (nSPS) is 10.7. The van der Waals surface area contributed by atoms with Crippen molar-refractivity contribution >= 4 is 0 Å². The van der Waals surface area contributed by atoms with Crippen LogP contribution in [0.1, 0.15) is 17.0 Å². The lowest BCUT2D eigenvalue weighted by molar-refractivity contribution is -0.366. The van der Waals surface area contributed by atoms with Crippen LogP contribution in [-0.2, 0) is 6.42 Å². The predicted molar refractivity (Wildman–Crippen MR) is 66.7 cm³/mol. The average Bonchev–Trinajstić information content (AvgIpc) is 2.56. The molecule has 0 bridgehead atoms. The van der Waals surface area contributed by atoms with E-state index in [9.17, 15) is 0 Å². The summed E-state index contributed by atoms with van der Waals surface area (Å²) in [6.07, 6.45) is 1.06. The molecule has 1 heterocycles. The first-order chi connectivity index (χ1) is 7.74. The van der Waals surface area contributed by atoms with Crippen molar-refractivity contribution in [1.82, 2.24) is 4.57 Å². The second-order valence-electron chi connectivity index (χ2n) is 4.17. The van der Waals surface area contributed by atoms with Crippen LogP contribution in [0.5, 0.6) is 0 Å². The van der Waals surface area contributed by atoms with Crippen LogP contribution >= 0.6 is 0 Å². The van der Waals surface area contributed by atoms with Crippen LogP contribution in [-0.4, -0.2) is 11.1 Å². The van der Waals surface area contributed by atoms with E-state index in [1.54, 1.807) is 0 Å². The van der Waals surface area contributed by atoms with Crippen LogP contribution in [0.2, 0.25) is 0 Å². The second kappa shape index (κ2) is 4.54. The van der Waals surface area contributed by atoms with Crippen molar-refractivity contribution in [3.63, 3.8) is 0 Å². The van der Waals surface area contributed by atoms with Crippen LogP contribution in [0.15, 0.2) is 36.4 Å². The molecule has 2 nitrogen and oxygen atoms in total. The van der Waals surface area contributed by atoms with Crippen LogP contribution in [0.25, 0.3) is 5.69 Å². The molecule has 0 spiro atoms. The topological polar surface area (TPSA) is 32.6 Å². The van der Waals surface area contributed by atoms with E-state index in [1.165, 1.54) is 22.6 Å². The van der Waals surface area contributed by atoms with Gasteiger partial charge in [-0.25, -0.2) is 0 Å². The molecule has 0 saturated heterocycles. The summed E-state index contributed by atoms with van der Waals surface area (Å²) in [5, 5.41) is 0. The zero-order valence-corrected chi connectivity index (χ0v) is 10.0. The molecule has 0 aliphatic heterocycles. The van der Waals surface area contributed by atoms with E-state index >= 15 is 0 Å². The molecule has 0 radical (unpaired) electrons. The number of rotatable bonds is 3. The number of benzene rings is 1. The Morgan fingerprint density at radius 2 is 1.81 bits per heavy atom. The third-order valence-corrected chi connectivity index (χ3v) is 3.00. The fourth-order valence-corrected chi connectivity index (χ4v) is 2.25. The molecule has 3 N–H and O–H groups in total. The third kappa shape index (κ3) is 1.89. The van der Waals surface area contributed by atoms with Gasteiger partial charge in [0.25, 0.3) is 0 Å². The van der Waals surface area contributed by atoms with Crippen molar-refractivity contribution in [2.24, 2.45) is 0 Å². The molecule has 1 aromatic heterocycles. The lowest BCUT2D eigenvalue weighted by Crippen LogP contribution is -2.51. The fourth-order valence-electron chi connectivity index (χ4n) is 2.25. The van der Waals surface area contributed by atoms with E-state index in [0.29, 0.717) is 0 Å². The van der Waals surface area contributed by atoms with Crippen molar-refractivity contribution in [3.8, 4) is 5.69 Å². The standard InChI is InChI=1S/C14H18N2/c1-11-10-13(8-9-15)12(2)16(11)14-6-4-3-5-7-14/h3-7,10H,8-9,15H2,1-2H3/p+1. The summed E-state index contributed by atoms with van der Waals surface area (Å²) in [6.45, 7) is 5.30. The summed E-state index contributed by atoms with van der Waals surface area (Å²) in [6, 6.07) is 12.8. The molecular formula is C14H19N2+. The molecule has 0 amide bonds. The van der Waals surface area contributed by atoms with Crippen molar-refractivity contribution in [1.29, 1.82) is 0 Å². The zero-order chi connectivity index (χ0) is 11.5. The van der Waals surface area contributed by atoms with E-state index < -0.39 is 0 Å². The largest absolute Gasteiger partial charge is 0.357 e. The molecule has 0 aliphatic carbocycles. The minimum absolute atomic E-state index is 0.957. The number of para-hydroxylation sites is 1. The van der Waals surface area contributed by atoms with E-state index in [1.807, 2.05) is 0 Å². The number of nitrogens with zero attached hydrogens (tertiary/aromatic N) is 1. The fraction of sp³-hybridized carbons (Fsp3) is 0.286. The Kier molecular flexibility index (Phi) is 3.11. The maximum Gasteiger partial charge on any atom is 0.0781 e. The Hall–Kier alpha value is -1.54. The van der Waals surface area contributed by atoms with E-state index in [4.69, 9.17) is 0 Å². The highest BCUT2D eigenvalue weighted by atomic mass is 15.0. The SMILES string of the molecule is Cc1cc(CC[NH3+])c(C)n1-c1ccccc1. The van der Waals surface area contributed by atoms with E-state index in [2.05, 4.69) is 60.5 Å². The summed E-state index contributed by atoms with van der Waals surface area (Å²) in [5.74, 6) is 0. The van der Waals surface area contributed by atoms with Crippen molar-refractivity contribution in [2.45, 2.75) is 20.3 Å². The third-order valence-electron chi connectivity index (χ3n) is 3.00. The Balaban J connectivity index is 2.49. The summed E-state index contributed by atoms with van der Waals surface area (Å²) in [7, 11) is 0. The van der Waals surface area contributed by atoms with Crippen LogP contribution < -0.4 is 5.73 Å². The lowest BCUT2D eigenvalue weighted by Gasteiger charge is -2.09. The molecule has 0 atom stereocenters. The number of hydrogen-bond acceptors (Lipinski definition) is 0. The molecule has 0 saturated carbocycles. The molecule has 84 valence electrons. The van der Waals surface area contributed by atoms with Gasteiger partial charge in [0.15, 0.2) is 0 Å². The molecule has 0 unspecified atom stereocenters. The summed E-state index contributed by atoms with van der Waals surface area (Å²) < 4.78 is 2.31. The zero-order valence-electron chi connectivity index (χ0n) is 10.0. The van der Waals surface area contributed by atoms with Crippen LogP contribution in [0.4, 0.5) is 0 Å². The predicted octanol–water partition coefficient (Wildman–Crippen LogP) is 1.88. The van der Waals surface area contributed by atoms with Gasteiger partial charge >= 0.3 is 0 Å². The number of aromatic nitrogens is 1. The number of aryl methyl sites for hydroxylation is 1. The molecule has 0 aliphatic rings. The maximum absolute atomic E-state index is 3.92. The molecule has 16 heavy (non-hydrogen) atoms. The highest BCUT2D eigenvalue weighted by molar-refractivity contribution is 5.40. The van der Waals surface area contributed by atoms with Gasteiger partial charge in [0.2, 0.25) is 0 Å². The second-order valence-corrected chi connectivity index (χ2v) is 4.17. The monoisotopic (exact) mass is 215 g/mol. The van der Waals surface area contributed by atoms with E-state index in [0.717, 1.165) is 13.0 Å². The van der Waals surface area contributed by atoms with Gasteiger partial charge in [0.05, 0.1) is 6.54 Å². The Morgan fingerprint density at radius 1 is 1.12 bits per heavy atom. The van der Waals surface area contributed by atoms with E-state index in [-0.39, 0.29) is 0 Å². The highest BCUT2D eigenvalue weighted by Crippen LogP contribution is 2.20. The van der Waals surface area contributed by atoms with Crippen LogP contribution in [0.3, 0.4) is 0 Å². The quantitative estimate of drug-likeness (QED) is 0.811. The first kappa shape index (κ1) is 11.0. The van der Waals surface area contributed by atoms with Gasteiger partial charge in [-0.05, 0) is 37.6 Å². The number of quaternary nitrogens is 1. The minimum Gasteiger partial charge on any atom is -0.357 e. The van der Waals surface area contributed by atoms with Gasteiger partial charge in [0.1, 0.15) is 0 Å². The van der Waals surface area contributed by atoms with Gasteiger partial charge in [-0.3, -0.25) is 0 Å². The van der Waals surface area contributed by atoms with Gasteiger partial charge in [-0.2, -0.15) is 0 Å². The number of hydrogen-bond donors (Lipinski definition) is 1. The molecule has 2 heteroatoms. The lowest BCUT2D eigenvalue weighted by atomic mass is 10.2. The van der Waals surface area contributed by atoms with Crippen molar-refractivity contribution in [3.05, 3.63) is 53.3 Å². The van der Waals surface area contributed by atoms with Gasteiger partial charge in [-0.1, -0.05) is 18.2 Å². The summed E-state index contributed by atoms with van der Waals surface area (Å²) >= 11 is 0. The Bertz CT molecular complexity index is 469. The smallest absolute Gasteiger partial charge is 0.0781 e. The molecular weight excluding hydrogens is 196 g/mol. The Labute approximate surface area is 96.7 Å². The maximum atomic E-state index is 3.92. The van der Waals surface area contributed by atoms with Gasteiger partial charge in [0, 0.05) is 23.5 Å². The summed E-state index contributed by atoms with van der Waals surface area (Å²) in [5.41, 5.74) is 9.22. The minimum atomic E-state index is 0.957. The highest BCUT2D eigenvalue weighted by Gasteiger charge is 2.09. The van der Waals surface area contributed by atoms with Gasteiger partial charge < -0.3 is 10.3 Å². The molecule has 0 fully saturated rings. The Morgan fingerprint density at radius 3 is 2.44 bits per heavy atom. The van der Waals surface area contributed by atoms with Crippen molar-refractivity contribution < 1.29 is 5.73 Å². The first-order valence-electron chi connectivity index (χ1n) is 5.76. The van der Waals surface area contributed by atoms with Crippen LogP contribution in [0, 0.1) is 13.8 Å². The molecule has 1 aromatic carbocycles. The molecule has 2 rings (SSSR count). The van der Waals surface area contributed by atoms with Gasteiger partial charge in [-0.15, -0.1) is 0 Å². The first-order valence-corrected chi connectivity index (χ1v) is 5.76.